The SMILES string of the molecule is CNC(=O)c1cc(C(=O)CCC[C@H]2CNCCO2)cc([C@@H](C)c2ccccc2)n1.CNC(=O)c1cc(C(=O)CCC[C@H]2CNCCO2)cc([C@H](C)c2ccccc2)n1. The maximum atomic E-state index is 12.8. The van der Waals surface area contributed by atoms with Crippen LogP contribution in [0.4, 0.5) is 0 Å². The van der Waals surface area contributed by atoms with Crippen LogP contribution < -0.4 is 21.3 Å². The Labute approximate surface area is 342 Å². The van der Waals surface area contributed by atoms with Crippen LogP contribution in [0.2, 0.25) is 0 Å². The van der Waals surface area contributed by atoms with Gasteiger partial charge in [-0.1, -0.05) is 74.5 Å². The van der Waals surface area contributed by atoms with Gasteiger partial charge in [-0.3, -0.25) is 19.2 Å². The highest BCUT2D eigenvalue weighted by Crippen LogP contribution is 2.26. The number of carbonyl (C=O) groups is 4. The highest BCUT2D eigenvalue weighted by atomic mass is 16.5. The Morgan fingerprint density at radius 3 is 1.38 bits per heavy atom. The normalized spacial score (nSPS) is 17.5. The lowest BCUT2D eigenvalue weighted by Gasteiger charge is -2.23. The molecule has 12 heteroatoms. The molecule has 4 N–H and O–H groups in total. The van der Waals surface area contributed by atoms with E-state index < -0.39 is 0 Å². The minimum Gasteiger partial charge on any atom is -0.376 e. The molecule has 0 radical (unpaired) electrons. The summed E-state index contributed by atoms with van der Waals surface area (Å²) in [5.74, 6) is -0.556. The third-order valence-electron chi connectivity index (χ3n) is 10.6. The number of ketones is 2. The molecule has 2 aliphatic rings. The van der Waals surface area contributed by atoms with Gasteiger partial charge in [-0.05, 0) is 61.1 Å². The first kappa shape index (κ1) is 44.0. The molecule has 4 atom stereocenters. The van der Waals surface area contributed by atoms with E-state index in [1.54, 1.807) is 26.2 Å². The summed E-state index contributed by atoms with van der Waals surface area (Å²) in [6, 6.07) is 26.8. The molecule has 0 aliphatic carbocycles. The van der Waals surface area contributed by atoms with Crippen molar-refractivity contribution in [3.8, 4) is 0 Å². The van der Waals surface area contributed by atoms with E-state index in [9.17, 15) is 19.2 Å². The molecule has 308 valence electrons. The second kappa shape index (κ2) is 22.7. The van der Waals surface area contributed by atoms with Gasteiger partial charge in [0.25, 0.3) is 11.8 Å². The van der Waals surface area contributed by atoms with E-state index in [4.69, 9.17) is 9.47 Å². The summed E-state index contributed by atoms with van der Waals surface area (Å²) in [6.07, 6.45) is 4.40. The predicted octanol–water partition coefficient (Wildman–Crippen LogP) is 5.87. The number of nitrogens with zero attached hydrogens (tertiary/aromatic N) is 2. The summed E-state index contributed by atoms with van der Waals surface area (Å²) in [5.41, 5.74) is 5.26. The van der Waals surface area contributed by atoms with Gasteiger partial charge in [0.15, 0.2) is 11.6 Å². The molecule has 2 aromatic carbocycles. The van der Waals surface area contributed by atoms with Crippen LogP contribution in [-0.2, 0) is 9.47 Å². The van der Waals surface area contributed by atoms with Gasteiger partial charge in [-0.25, -0.2) is 9.97 Å². The number of nitrogens with one attached hydrogen (secondary N) is 4. The predicted molar refractivity (Wildman–Crippen MR) is 225 cm³/mol. The first-order chi connectivity index (χ1) is 28.2. The van der Waals surface area contributed by atoms with E-state index in [1.807, 2.05) is 86.6 Å². The molecule has 2 aliphatic heterocycles. The van der Waals surface area contributed by atoms with Crippen molar-refractivity contribution >= 4 is 23.4 Å². The third-order valence-corrected chi connectivity index (χ3v) is 10.6. The van der Waals surface area contributed by atoms with Crippen molar-refractivity contribution in [3.63, 3.8) is 0 Å². The largest absolute Gasteiger partial charge is 0.376 e. The lowest BCUT2D eigenvalue weighted by Crippen LogP contribution is -2.38. The van der Waals surface area contributed by atoms with Gasteiger partial charge in [-0.15, -0.1) is 0 Å². The van der Waals surface area contributed by atoms with E-state index in [2.05, 4.69) is 31.2 Å². The summed E-state index contributed by atoms with van der Waals surface area (Å²) in [5, 5.41) is 11.8. The Morgan fingerprint density at radius 1 is 0.638 bits per heavy atom. The number of carbonyl (C=O) groups excluding carboxylic acids is 4. The maximum absolute atomic E-state index is 12.8. The van der Waals surface area contributed by atoms with Crippen molar-refractivity contribution < 1.29 is 28.7 Å². The van der Waals surface area contributed by atoms with Crippen LogP contribution in [0.1, 0.15) is 128 Å². The number of benzene rings is 2. The molecule has 4 aromatic rings. The Morgan fingerprint density at radius 2 is 1.03 bits per heavy atom. The smallest absolute Gasteiger partial charge is 0.269 e. The average Bonchev–Trinajstić information content (AvgIpc) is 3.29. The Bertz CT molecular complexity index is 1810. The molecule has 4 heterocycles. The van der Waals surface area contributed by atoms with Crippen molar-refractivity contribution in [2.75, 3.05) is 53.5 Å². The van der Waals surface area contributed by atoms with E-state index >= 15 is 0 Å². The van der Waals surface area contributed by atoms with Crippen LogP contribution in [0, 0.1) is 0 Å². The van der Waals surface area contributed by atoms with Gasteiger partial charge in [0.2, 0.25) is 0 Å². The highest BCUT2D eigenvalue weighted by Gasteiger charge is 2.21. The molecule has 2 fully saturated rings. The van der Waals surface area contributed by atoms with Gasteiger partial charge < -0.3 is 30.7 Å². The van der Waals surface area contributed by atoms with Gasteiger partial charge >= 0.3 is 0 Å². The Balaban J connectivity index is 0.000000221. The molecule has 0 unspecified atom stereocenters. The van der Waals surface area contributed by atoms with Crippen molar-refractivity contribution in [1.29, 1.82) is 0 Å². The molecule has 58 heavy (non-hydrogen) atoms. The van der Waals surface area contributed by atoms with Crippen molar-refractivity contribution in [2.45, 2.75) is 76.4 Å². The Hall–Kier alpha value is -5.14. The van der Waals surface area contributed by atoms with Gasteiger partial charge in [0, 0.05) is 87.5 Å². The zero-order valence-electron chi connectivity index (χ0n) is 34.2. The highest BCUT2D eigenvalue weighted by molar-refractivity contribution is 6.00. The number of rotatable bonds is 16. The molecule has 2 aromatic heterocycles. The average molecular weight is 791 g/mol. The fourth-order valence-corrected chi connectivity index (χ4v) is 7.06. The summed E-state index contributed by atoms with van der Waals surface area (Å²) in [4.78, 5) is 59.2. The topological polar surface area (TPSA) is 161 Å². The lowest BCUT2D eigenvalue weighted by atomic mass is 9.94. The number of aromatic nitrogens is 2. The molecule has 2 amide bonds. The summed E-state index contributed by atoms with van der Waals surface area (Å²) in [6.45, 7) is 8.96. The Kier molecular flexibility index (Phi) is 17.2. The zero-order valence-corrected chi connectivity index (χ0v) is 34.2. The minimum atomic E-state index is -0.289. The first-order valence-corrected chi connectivity index (χ1v) is 20.5. The van der Waals surface area contributed by atoms with Gasteiger partial charge in [0.1, 0.15) is 11.4 Å². The molecule has 12 nitrogen and oxygen atoms in total. The number of hydrogen-bond donors (Lipinski definition) is 4. The standard InChI is InChI=1S/2C23H29N3O3/c2*1-16(17-7-4-3-5-8-17)20-13-18(14-21(26-20)23(28)24-2)22(27)10-6-9-19-15-25-11-12-29-19/h2*3-5,7-8,13-14,16,19,25H,6,9-12,15H2,1-2H3,(H,24,28)/t16-,19+;16-,19-/m10/s1. The second-order valence-electron chi connectivity index (χ2n) is 14.8. The molecular formula is C46H58N6O6. The molecule has 2 saturated heterocycles. The second-order valence-corrected chi connectivity index (χ2v) is 14.8. The third kappa shape index (κ3) is 12.9. The number of morpholine rings is 2. The van der Waals surface area contributed by atoms with E-state index in [-0.39, 0.29) is 58.8 Å². The molecular weight excluding hydrogens is 733 g/mol. The summed E-state index contributed by atoms with van der Waals surface area (Å²) in [7, 11) is 3.13. The first-order valence-electron chi connectivity index (χ1n) is 20.5. The molecule has 0 bridgehead atoms. The van der Waals surface area contributed by atoms with Crippen molar-refractivity contribution in [2.24, 2.45) is 0 Å². The molecule has 0 saturated carbocycles. The van der Waals surface area contributed by atoms with E-state index in [0.717, 1.165) is 87.6 Å². The van der Waals surface area contributed by atoms with Gasteiger partial charge in [0.05, 0.1) is 25.4 Å². The lowest BCUT2D eigenvalue weighted by molar-refractivity contribution is 0.0221. The molecule has 6 rings (SSSR count). The van der Waals surface area contributed by atoms with E-state index in [1.165, 1.54) is 0 Å². The van der Waals surface area contributed by atoms with Crippen LogP contribution >= 0.6 is 0 Å². The van der Waals surface area contributed by atoms with Crippen LogP contribution in [-0.4, -0.2) is 99.0 Å². The zero-order chi connectivity index (χ0) is 41.3. The van der Waals surface area contributed by atoms with Crippen LogP contribution in [0.15, 0.2) is 84.9 Å². The molecule has 0 spiro atoms. The monoisotopic (exact) mass is 790 g/mol. The van der Waals surface area contributed by atoms with Crippen molar-refractivity contribution in [1.82, 2.24) is 31.2 Å². The number of hydrogen-bond acceptors (Lipinski definition) is 10. The summed E-state index contributed by atoms with van der Waals surface area (Å²) < 4.78 is 11.4. The number of Topliss-reactive ketones (excluding diaryl/α,β-unsaturated/α-hetero) is 2. The fourth-order valence-electron chi connectivity index (χ4n) is 7.06. The van der Waals surface area contributed by atoms with Gasteiger partial charge in [-0.2, -0.15) is 0 Å². The minimum absolute atomic E-state index is 0.0194. The van der Waals surface area contributed by atoms with Crippen LogP contribution in [0.25, 0.3) is 0 Å². The van der Waals surface area contributed by atoms with Crippen LogP contribution in [0.5, 0.6) is 0 Å². The quantitative estimate of drug-likeness (QED) is 0.101. The maximum Gasteiger partial charge on any atom is 0.269 e. The fraction of sp³-hybridized carbons (Fsp3) is 0.435. The van der Waals surface area contributed by atoms with E-state index in [0.29, 0.717) is 24.0 Å². The van der Waals surface area contributed by atoms with Crippen LogP contribution in [0.3, 0.4) is 0 Å². The summed E-state index contributed by atoms with van der Waals surface area (Å²) >= 11 is 0. The number of amides is 2. The number of ether oxygens (including phenoxy) is 2. The van der Waals surface area contributed by atoms with Crippen molar-refractivity contribution in [3.05, 3.63) is 130 Å². The number of pyridine rings is 2.